The lowest BCUT2D eigenvalue weighted by atomic mass is 9.50. The molecule has 0 aromatic heterocycles. The zero-order valence-corrected chi connectivity index (χ0v) is 11.1. The van der Waals surface area contributed by atoms with Gasteiger partial charge in [-0.15, -0.1) is 0 Å². The van der Waals surface area contributed by atoms with Gasteiger partial charge in [-0.05, 0) is 56.3 Å². The van der Waals surface area contributed by atoms with Gasteiger partial charge in [0.15, 0.2) is 0 Å². The van der Waals surface area contributed by atoms with E-state index in [2.05, 4.69) is 0 Å². The van der Waals surface area contributed by atoms with Gasteiger partial charge in [-0.1, -0.05) is 13.8 Å². The predicted octanol–water partition coefficient (Wildman–Crippen LogP) is 3.40. The topological polar surface area (TPSA) is 26.3 Å². The summed E-state index contributed by atoms with van der Waals surface area (Å²) in [6.45, 7) is 4.54. The van der Waals surface area contributed by atoms with Gasteiger partial charge in [0, 0.05) is 5.41 Å². The third-order valence-corrected chi connectivity index (χ3v) is 5.16. The minimum atomic E-state index is -0.0132. The third kappa shape index (κ3) is 2.11. The van der Waals surface area contributed by atoms with Gasteiger partial charge in [0.25, 0.3) is 0 Å². The first-order chi connectivity index (χ1) is 8.06. The Hall–Kier alpha value is -0.530. The van der Waals surface area contributed by atoms with Crippen LogP contribution >= 0.6 is 0 Å². The van der Waals surface area contributed by atoms with E-state index in [1.54, 1.807) is 0 Å². The van der Waals surface area contributed by atoms with Crippen molar-refractivity contribution in [3.63, 3.8) is 0 Å². The molecule has 0 aromatic carbocycles. The smallest absolute Gasteiger partial charge is 0.308 e. The summed E-state index contributed by atoms with van der Waals surface area (Å²) < 4.78 is 5.55. The number of ether oxygens (including phenoxy) is 1. The monoisotopic (exact) mass is 236 g/mol. The molecular weight excluding hydrogens is 212 g/mol. The van der Waals surface area contributed by atoms with Crippen LogP contribution in [0.2, 0.25) is 0 Å². The summed E-state index contributed by atoms with van der Waals surface area (Å²) >= 11 is 0. The highest BCUT2D eigenvalue weighted by atomic mass is 16.5. The molecule has 0 heterocycles. The number of carbonyl (C=O) groups excluding carboxylic acids is 1. The van der Waals surface area contributed by atoms with Gasteiger partial charge in [0.2, 0.25) is 0 Å². The van der Waals surface area contributed by atoms with E-state index in [4.69, 9.17) is 4.74 Å². The molecule has 2 nitrogen and oxygen atoms in total. The first kappa shape index (κ1) is 11.6. The standard InChI is InChI=1S/C15H24O2/c1-10(2)14(16)17-9-15-6-11-3-12(7-15)5-13(4-11)8-15/h10-13H,3-9H2,1-2H3. The van der Waals surface area contributed by atoms with Crippen LogP contribution in [0, 0.1) is 29.1 Å². The quantitative estimate of drug-likeness (QED) is 0.702. The van der Waals surface area contributed by atoms with Crippen LogP contribution in [-0.2, 0) is 9.53 Å². The molecule has 4 bridgehead atoms. The van der Waals surface area contributed by atoms with Gasteiger partial charge in [-0.2, -0.15) is 0 Å². The van der Waals surface area contributed by atoms with Crippen molar-refractivity contribution in [2.24, 2.45) is 29.1 Å². The molecule has 4 saturated carbocycles. The lowest BCUT2D eigenvalue weighted by Gasteiger charge is -2.56. The molecule has 0 saturated heterocycles. The van der Waals surface area contributed by atoms with E-state index in [0.717, 1.165) is 17.8 Å². The normalized spacial score (nSPS) is 43.1. The largest absolute Gasteiger partial charge is 0.465 e. The van der Waals surface area contributed by atoms with Crippen LogP contribution in [0.1, 0.15) is 52.4 Å². The molecule has 0 unspecified atom stereocenters. The minimum absolute atomic E-state index is 0.0132. The third-order valence-electron chi connectivity index (χ3n) is 5.16. The highest BCUT2D eigenvalue weighted by Crippen LogP contribution is 2.60. The molecule has 0 radical (unpaired) electrons. The molecule has 96 valence electrons. The molecule has 4 rings (SSSR count). The van der Waals surface area contributed by atoms with Gasteiger partial charge >= 0.3 is 5.97 Å². The van der Waals surface area contributed by atoms with Gasteiger partial charge in [-0.25, -0.2) is 0 Å². The number of hydrogen-bond donors (Lipinski definition) is 0. The van der Waals surface area contributed by atoms with Gasteiger partial charge in [0.1, 0.15) is 0 Å². The van der Waals surface area contributed by atoms with Gasteiger partial charge < -0.3 is 4.74 Å². The highest BCUT2D eigenvalue weighted by Gasteiger charge is 2.51. The average Bonchev–Trinajstić information content (AvgIpc) is 2.24. The summed E-state index contributed by atoms with van der Waals surface area (Å²) in [5.74, 6) is 2.83. The van der Waals surface area contributed by atoms with Crippen molar-refractivity contribution in [1.82, 2.24) is 0 Å². The van der Waals surface area contributed by atoms with Crippen molar-refractivity contribution in [3.8, 4) is 0 Å². The summed E-state index contributed by atoms with van der Waals surface area (Å²) in [6, 6.07) is 0. The maximum atomic E-state index is 11.6. The van der Waals surface area contributed by atoms with Crippen LogP contribution in [0.25, 0.3) is 0 Å². The van der Waals surface area contributed by atoms with Crippen LogP contribution in [0.15, 0.2) is 0 Å². The van der Waals surface area contributed by atoms with Crippen LogP contribution in [0.3, 0.4) is 0 Å². The summed E-state index contributed by atoms with van der Waals surface area (Å²) in [6.07, 6.45) is 8.34. The highest BCUT2D eigenvalue weighted by molar-refractivity contribution is 5.71. The predicted molar refractivity (Wildman–Crippen MR) is 66.4 cm³/mol. The maximum absolute atomic E-state index is 11.6. The van der Waals surface area contributed by atoms with E-state index in [1.807, 2.05) is 13.8 Å². The van der Waals surface area contributed by atoms with Crippen LogP contribution in [0.5, 0.6) is 0 Å². The Morgan fingerprint density at radius 2 is 1.59 bits per heavy atom. The molecule has 0 spiro atoms. The summed E-state index contributed by atoms with van der Waals surface area (Å²) in [5, 5.41) is 0. The van der Waals surface area contributed by atoms with Crippen molar-refractivity contribution in [2.45, 2.75) is 52.4 Å². The van der Waals surface area contributed by atoms with Crippen molar-refractivity contribution in [2.75, 3.05) is 6.61 Å². The summed E-state index contributed by atoms with van der Waals surface area (Å²) in [4.78, 5) is 11.6. The molecule has 17 heavy (non-hydrogen) atoms. The first-order valence-electron chi connectivity index (χ1n) is 7.23. The van der Waals surface area contributed by atoms with Crippen LogP contribution in [0.4, 0.5) is 0 Å². The lowest BCUT2D eigenvalue weighted by molar-refractivity contribution is -0.158. The fourth-order valence-corrected chi connectivity index (χ4v) is 4.86. The Kier molecular flexibility index (Phi) is 2.72. The SMILES string of the molecule is CC(C)C(=O)OCC12CC3CC(CC(C3)C1)C2. The Bertz CT molecular complexity index is 284. The molecule has 2 heteroatoms. The second-order valence-corrected chi connectivity index (χ2v) is 7.18. The van der Waals surface area contributed by atoms with E-state index in [-0.39, 0.29) is 11.9 Å². The van der Waals surface area contributed by atoms with Crippen LogP contribution in [-0.4, -0.2) is 12.6 Å². The van der Waals surface area contributed by atoms with Crippen molar-refractivity contribution in [1.29, 1.82) is 0 Å². The molecule has 4 fully saturated rings. The molecule has 0 aromatic rings. The van der Waals surface area contributed by atoms with Gasteiger partial charge in [-0.3, -0.25) is 4.79 Å². The molecule has 4 aliphatic rings. The van der Waals surface area contributed by atoms with E-state index in [0.29, 0.717) is 12.0 Å². The zero-order valence-electron chi connectivity index (χ0n) is 11.1. The Labute approximate surface area is 104 Å². The fraction of sp³-hybridized carbons (Fsp3) is 0.933. The molecule has 0 atom stereocenters. The van der Waals surface area contributed by atoms with Gasteiger partial charge in [0.05, 0.1) is 12.5 Å². The van der Waals surface area contributed by atoms with E-state index >= 15 is 0 Å². The molecular formula is C15H24O2. The number of rotatable bonds is 3. The Morgan fingerprint density at radius 1 is 1.12 bits per heavy atom. The second-order valence-electron chi connectivity index (χ2n) is 7.18. The minimum Gasteiger partial charge on any atom is -0.465 e. The molecule has 4 aliphatic carbocycles. The van der Waals surface area contributed by atoms with E-state index in [1.165, 1.54) is 38.5 Å². The molecule has 0 amide bonds. The summed E-state index contributed by atoms with van der Waals surface area (Å²) in [5.41, 5.74) is 0.374. The number of carbonyl (C=O) groups is 1. The molecule has 0 aliphatic heterocycles. The average molecular weight is 236 g/mol. The van der Waals surface area contributed by atoms with E-state index < -0.39 is 0 Å². The lowest BCUT2D eigenvalue weighted by Crippen LogP contribution is -2.48. The number of hydrogen-bond acceptors (Lipinski definition) is 2. The zero-order chi connectivity index (χ0) is 12.0. The van der Waals surface area contributed by atoms with Crippen LogP contribution < -0.4 is 0 Å². The fourth-order valence-electron chi connectivity index (χ4n) is 4.86. The molecule has 0 N–H and O–H groups in total. The number of esters is 1. The van der Waals surface area contributed by atoms with Crippen molar-refractivity contribution in [3.05, 3.63) is 0 Å². The first-order valence-corrected chi connectivity index (χ1v) is 7.23. The maximum Gasteiger partial charge on any atom is 0.308 e. The van der Waals surface area contributed by atoms with Crippen molar-refractivity contribution < 1.29 is 9.53 Å². The Morgan fingerprint density at radius 3 is 2.00 bits per heavy atom. The second kappa shape index (κ2) is 4.00. The summed E-state index contributed by atoms with van der Waals surface area (Å²) in [7, 11) is 0. The Balaban J connectivity index is 1.64. The van der Waals surface area contributed by atoms with E-state index in [9.17, 15) is 4.79 Å². The van der Waals surface area contributed by atoms with Crippen molar-refractivity contribution >= 4 is 5.97 Å².